The maximum absolute atomic E-state index is 13.1. The third-order valence-electron chi connectivity index (χ3n) is 5.58. The van der Waals surface area contributed by atoms with E-state index in [0.717, 1.165) is 44.3 Å². The third kappa shape index (κ3) is 3.88. The number of para-hydroxylation sites is 1. The molecular formula is C21H30N2O2. The quantitative estimate of drug-likeness (QED) is 0.910. The number of anilines is 1. The van der Waals surface area contributed by atoms with Crippen molar-refractivity contribution in [3.05, 3.63) is 29.8 Å². The lowest BCUT2D eigenvalue weighted by Gasteiger charge is -2.32. The van der Waals surface area contributed by atoms with E-state index in [-0.39, 0.29) is 29.7 Å². The molecule has 1 aliphatic heterocycles. The number of benzene rings is 1. The Balaban J connectivity index is 1.58. The van der Waals surface area contributed by atoms with E-state index >= 15 is 0 Å². The maximum atomic E-state index is 13.1. The first-order valence-electron chi connectivity index (χ1n) is 9.66. The number of fused-ring (bicyclic) bond motifs is 1. The minimum atomic E-state index is 0.0581. The Hall–Kier alpha value is -1.84. The predicted octanol–water partition coefficient (Wildman–Crippen LogP) is 3.54. The zero-order valence-electron chi connectivity index (χ0n) is 15.6. The van der Waals surface area contributed by atoms with Gasteiger partial charge in [-0.05, 0) is 56.6 Å². The van der Waals surface area contributed by atoms with E-state index in [1.165, 1.54) is 5.56 Å². The van der Waals surface area contributed by atoms with Gasteiger partial charge in [0, 0.05) is 30.1 Å². The molecule has 0 bridgehead atoms. The molecule has 1 N–H and O–H groups in total. The summed E-state index contributed by atoms with van der Waals surface area (Å²) in [6.07, 6.45) is 4.23. The fourth-order valence-electron chi connectivity index (χ4n) is 4.15. The molecule has 1 heterocycles. The van der Waals surface area contributed by atoms with Crippen LogP contribution in [0.5, 0.6) is 0 Å². The van der Waals surface area contributed by atoms with Crippen LogP contribution < -0.4 is 10.2 Å². The molecule has 3 rings (SSSR count). The Kier molecular flexibility index (Phi) is 5.45. The Morgan fingerprint density at radius 3 is 2.44 bits per heavy atom. The van der Waals surface area contributed by atoms with Crippen LogP contribution in [0.15, 0.2) is 24.3 Å². The highest BCUT2D eigenvalue weighted by Gasteiger charge is 2.37. The van der Waals surface area contributed by atoms with Gasteiger partial charge in [-0.1, -0.05) is 32.0 Å². The lowest BCUT2D eigenvalue weighted by Crippen LogP contribution is -2.42. The van der Waals surface area contributed by atoms with E-state index in [2.05, 4.69) is 38.2 Å². The largest absolute Gasteiger partial charge is 0.356 e. The van der Waals surface area contributed by atoms with Gasteiger partial charge in [-0.3, -0.25) is 9.59 Å². The Labute approximate surface area is 151 Å². The van der Waals surface area contributed by atoms with Gasteiger partial charge in [0.2, 0.25) is 11.8 Å². The normalized spacial score (nSPS) is 25.8. The van der Waals surface area contributed by atoms with Crippen LogP contribution in [0, 0.1) is 17.8 Å². The van der Waals surface area contributed by atoms with Crippen LogP contribution in [-0.4, -0.2) is 24.4 Å². The summed E-state index contributed by atoms with van der Waals surface area (Å²) in [5.41, 5.74) is 2.35. The molecule has 0 saturated heterocycles. The van der Waals surface area contributed by atoms with E-state index in [4.69, 9.17) is 0 Å². The van der Waals surface area contributed by atoms with Crippen LogP contribution in [0.4, 0.5) is 5.69 Å². The fourth-order valence-corrected chi connectivity index (χ4v) is 4.15. The Bertz CT molecular complexity index is 633. The summed E-state index contributed by atoms with van der Waals surface area (Å²) in [4.78, 5) is 27.3. The highest BCUT2D eigenvalue weighted by atomic mass is 16.2. The van der Waals surface area contributed by atoms with Gasteiger partial charge in [-0.15, -0.1) is 0 Å². The molecule has 1 aromatic carbocycles. The summed E-state index contributed by atoms with van der Waals surface area (Å²) in [7, 11) is 0. The molecule has 2 aliphatic rings. The highest BCUT2D eigenvalue weighted by molar-refractivity contribution is 5.97. The highest BCUT2D eigenvalue weighted by Crippen LogP contribution is 2.36. The summed E-state index contributed by atoms with van der Waals surface area (Å²) in [6.45, 7) is 7.07. The number of carbonyl (C=O) groups is 2. The van der Waals surface area contributed by atoms with E-state index < -0.39 is 0 Å². The maximum Gasteiger partial charge on any atom is 0.230 e. The molecule has 1 saturated carbocycles. The van der Waals surface area contributed by atoms with Crippen LogP contribution in [0.1, 0.15) is 52.0 Å². The lowest BCUT2D eigenvalue weighted by atomic mass is 9.80. The van der Waals surface area contributed by atoms with Crippen molar-refractivity contribution in [2.45, 2.75) is 58.9 Å². The first-order valence-corrected chi connectivity index (χ1v) is 9.66. The van der Waals surface area contributed by atoms with Gasteiger partial charge in [-0.2, -0.15) is 0 Å². The van der Waals surface area contributed by atoms with Crippen LogP contribution in [-0.2, 0) is 16.0 Å². The molecule has 1 unspecified atom stereocenters. The standard InChI is InChI=1S/C21H30N2O2/c1-14(2)13-22-20(24)16-8-10-17(11-9-16)21(25)23-15(3)12-18-6-4-5-7-19(18)23/h4-7,14-17H,8-13H2,1-3H3,(H,22,24). The van der Waals surface area contributed by atoms with Crippen molar-refractivity contribution in [1.29, 1.82) is 0 Å². The zero-order chi connectivity index (χ0) is 18.0. The average molecular weight is 342 g/mol. The van der Waals surface area contributed by atoms with Crippen molar-refractivity contribution in [2.24, 2.45) is 17.8 Å². The molecule has 0 aromatic heterocycles. The number of rotatable bonds is 4. The zero-order valence-corrected chi connectivity index (χ0v) is 15.6. The molecule has 1 atom stereocenters. The summed E-state index contributed by atoms with van der Waals surface area (Å²) < 4.78 is 0. The van der Waals surface area contributed by atoms with Gasteiger partial charge in [-0.25, -0.2) is 0 Å². The van der Waals surface area contributed by atoms with Crippen LogP contribution >= 0.6 is 0 Å². The van der Waals surface area contributed by atoms with Crippen LogP contribution in [0.3, 0.4) is 0 Å². The van der Waals surface area contributed by atoms with Crippen LogP contribution in [0.25, 0.3) is 0 Å². The van der Waals surface area contributed by atoms with Gasteiger partial charge in [0.15, 0.2) is 0 Å². The third-order valence-corrected chi connectivity index (χ3v) is 5.58. The average Bonchev–Trinajstić information content (AvgIpc) is 2.95. The van der Waals surface area contributed by atoms with E-state index in [1.807, 2.05) is 17.0 Å². The number of nitrogens with zero attached hydrogens (tertiary/aromatic N) is 1. The van der Waals surface area contributed by atoms with Crippen molar-refractivity contribution < 1.29 is 9.59 Å². The van der Waals surface area contributed by atoms with Crippen molar-refractivity contribution in [1.82, 2.24) is 5.32 Å². The second kappa shape index (κ2) is 7.59. The first-order chi connectivity index (χ1) is 12.0. The first kappa shape index (κ1) is 18.0. The van der Waals surface area contributed by atoms with Crippen molar-refractivity contribution >= 4 is 17.5 Å². The van der Waals surface area contributed by atoms with E-state index in [0.29, 0.717) is 5.92 Å². The second-order valence-corrected chi connectivity index (χ2v) is 8.08. The number of amides is 2. The minimum absolute atomic E-state index is 0.0581. The smallest absolute Gasteiger partial charge is 0.230 e. The Morgan fingerprint density at radius 1 is 1.12 bits per heavy atom. The van der Waals surface area contributed by atoms with Crippen molar-refractivity contribution in [2.75, 3.05) is 11.4 Å². The summed E-state index contributed by atoms with van der Waals surface area (Å²) in [6, 6.07) is 8.46. The molecule has 1 fully saturated rings. The molecule has 2 amide bonds. The molecule has 25 heavy (non-hydrogen) atoms. The van der Waals surface area contributed by atoms with Crippen molar-refractivity contribution in [3.63, 3.8) is 0 Å². The van der Waals surface area contributed by atoms with Gasteiger partial charge < -0.3 is 10.2 Å². The topological polar surface area (TPSA) is 49.4 Å². The molecule has 1 aromatic rings. The van der Waals surface area contributed by atoms with Crippen LogP contribution in [0.2, 0.25) is 0 Å². The van der Waals surface area contributed by atoms with E-state index in [1.54, 1.807) is 0 Å². The molecule has 4 nitrogen and oxygen atoms in total. The summed E-state index contributed by atoms with van der Waals surface area (Å²) >= 11 is 0. The fraction of sp³-hybridized carbons (Fsp3) is 0.619. The lowest BCUT2D eigenvalue weighted by molar-refractivity contribution is -0.129. The monoisotopic (exact) mass is 342 g/mol. The molecular weight excluding hydrogens is 312 g/mol. The molecule has 136 valence electrons. The molecule has 0 spiro atoms. The van der Waals surface area contributed by atoms with Crippen molar-refractivity contribution in [3.8, 4) is 0 Å². The summed E-state index contributed by atoms with van der Waals surface area (Å²) in [5, 5.41) is 3.04. The number of hydrogen-bond donors (Lipinski definition) is 1. The van der Waals surface area contributed by atoms with Gasteiger partial charge in [0.05, 0.1) is 0 Å². The van der Waals surface area contributed by atoms with Gasteiger partial charge in [0.1, 0.15) is 0 Å². The second-order valence-electron chi connectivity index (χ2n) is 8.08. The van der Waals surface area contributed by atoms with Gasteiger partial charge in [0.25, 0.3) is 0 Å². The predicted molar refractivity (Wildman–Crippen MR) is 100 cm³/mol. The number of nitrogens with one attached hydrogen (secondary N) is 1. The minimum Gasteiger partial charge on any atom is -0.356 e. The number of hydrogen-bond acceptors (Lipinski definition) is 2. The summed E-state index contributed by atoms with van der Waals surface area (Å²) in [5.74, 6) is 1.02. The Morgan fingerprint density at radius 2 is 1.76 bits per heavy atom. The molecule has 0 radical (unpaired) electrons. The van der Waals surface area contributed by atoms with E-state index in [9.17, 15) is 9.59 Å². The SMILES string of the molecule is CC(C)CNC(=O)C1CCC(C(=O)N2c3ccccc3CC2C)CC1. The number of carbonyl (C=O) groups excluding carboxylic acids is 2. The molecule has 4 heteroatoms. The molecule has 1 aliphatic carbocycles. The van der Waals surface area contributed by atoms with Gasteiger partial charge >= 0.3 is 0 Å².